The van der Waals surface area contributed by atoms with Crippen LogP contribution in [-0.4, -0.2) is 11.1 Å². The van der Waals surface area contributed by atoms with Gasteiger partial charge in [0.05, 0.1) is 5.56 Å². The summed E-state index contributed by atoms with van der Waals surface area (Å²) in [5.41, 5.74) is 6.39. The van der Waals surface area contributed by atoms with E-state index in [0.29, 0.717) is 16.3 Å². The minimum absolute atomic E-state index is 0.0532. The van der Waals surface area contributed by atoms with Crippen LogP contribution >= 0.6 is 0 Å². The van der Waals surface area contributed by atoms with E-state index in [1.54, 1.807) is 19.1 Å². The lowest BCUT2D eigenvalue weighted by Gasteiger charge is -2.01. The number of aromatic carboxylic acids is 1. The first-order valence-electron chi connectivity index (χ1n) is 4.26. The van der Waals surface area contributed by atoms with Crippen LogP contribution in [-0.2, 0) is 0 Å². The van der Waals surface area contributed by atoms with Gasteiger partial charge in [-0.15, -0.1) is 10.2 Å². The molecule has 0 radical (unpaired) electrons. The second-order valence-electron chi connectivity index (χ2n) is 3.01. The fraction of sp³-hybridized carbons (Fsp3) is 0.111. The minimum Gasteiger partial charge on any atom is -0.478 e. The maximum Gasteiger partial charge on any atom is 0.338 e. The van der Waals surface area contributed by atoms with Gasteiger partial charge >= 0.3 is 5.97 Å². The van der Waals surface area contributed by atoms with Crippen molar-refractivity contribution in [1.82, 2.24) is 0 Å². The molecule has 1 aromatic carbocycles. The summed E-state index contributed by atoms with van der Waals surface area (Å²) in [4.78, 5) is 11.1. The summed E-state index contributed by atoms with van der Waals surface area (Å²) in [6.45, 7) is 1.72. The highest BCUT2D eigenvalue weighted by molar-refractivity contribution is 5.95. The van der Waals surface area contributed by atoms with E-state index < -0.39 is 5.97 Å². The molecule has 1 aliphatic rings. The summed E-state index contributed by atoms with van der Waals surface area (Å²) in [7, 11) is 0. The predicted octanol–water partition coefficient (Wildman–Crippen LogP) is 0.399. The summed E-state index contributed by atoms with van der Waals surface area (Å²) < 4.78 is 0. The van der Waals surface area contributed by atoms with E-state index in [-0.39, 0.29) is 11.3 Å². The van der Waals surface area contributed by atoms with Gasteiger partial charge in [0.15, 0.2) is 0 Å². The monoisotopic (exact) mass is 204 g/mol. The second-order valence-corrected chi connectivity index (χ2v) is 3.01. The van der Waals surface area contributed by atoms with Crippen molar-refractivity contribution in [3.05, 3.63) is 22.2 Å². The molecule has 0 aromatic heterocycles. The first-order valence-corrected chi connectivity index (χ1v) is 4.26. The average Bonchev–Trinajstić information content (AvgIpc) is 2.62. The van der Waals surface area contributed by atoms with Crippen molar-refractivity contribution in [2.45, 2.75) is 6.92 Å². The molecule has 1 aromatic rings. The summed E-state index contributed by atoms with van der Waals surface area (Å²) in [6.07, 6.45) is 1.63. The van der Waals surface area contributed by atoms with Crippen LogP contribution in [0.25, 0.3) is 6.08 Å². The number of anilines is 1. The molecule has 0 bridgehead atoms. The molecule has 0 saturated carbocycles. The molecule has 6 nitrogen and oxygen atoms in total. The Hall–Kier alpha value is -2.24. The predicted molar refractivity (Wildman–Crippen MR) is 53.2 cm³/mol. The van der Waals surface area contributed by atoms with Crippen molar-refractivity contribution >= 4 is 23.4 Å². The minimum atomic E-state index is -1.08. The zero-order valence-electron chi connectivity index (χ0n) is 7.93. The number of rotatable bonds is 1. The lowest BCUT2D eigenvalue weighted by molar-refractivity contribution is 0.0696. The van der Waals surface area contributed by atoms with Gasteiger partial charge in [-0.05, 0) is 18.2 Å². The number of nitrogen functional groups attached to an aromatic ring is 1. The molecule has 0 amide bonds. The van der Waals surface area contributed by atoms with Gasteiger partial charge in [0.25, 0.3) is 0 Å². The Kier molecular flexibility index (Phi) is 1.96. The lowest BCUT2D eigenvalue weighted by atomic mass is 10.1. The van der Waals surface area contributed by atoms with Gasteiger partial charge in [-0.1, -0.05) is 6.08 Å². The zero-order valence-corrected chi connectivity index (χ0v) is 7.93. The molecular formula is C9H8N4O2. The molecule has 3 N–H and O–H groups in total. The van der Waals surface area contributed by atoms with E-state index >= 15 is 0 Å². The molecule has 2 rings (SSSR count). The summed E-state index contributed by atoms with van der Waals surface area (Å²) in [5, 5.41) is 20.7. The molecule has 0 spiro atoms. The summed E-state index contributed by atoms with van der Waals surface area (Å²) in [6, 6.07) is 1.57. The molecule has 0 aliphatic carbocycles. The van der Waals surface area contributed by atoms with Gasteiger partial charge in [0.2, 0.25) is 0 Å². The number of carboxylic acids is 1. The highest BCUT2D eigenvalue weighted by atomic mass is 16.4. The Morgan fingerprint density at radius 2 is 2.33 bits per heavy atom. The Labute approximate surface area is 84.4 Å². The van der Waals surface area contributed by atoms with Gasteiger partial charge in [0, 0.05) is 10.9 Å². The Bertz CT molecular complexity index is 589. The molecule has 1 aliphatic heterocycles. The standard InChI is InChI=1S/C9H8N4O2/c1-2-4-5(10)3-6-8(12-13-11-6)7(4)9(14)15/h2-3H,10H2,1H3,(H,14,15). The number of fused-ring (bicyclic) bond motifs is 1. The first kappa shape index (κ1) is 9.32. The first-order chi connectivity index (χ1) is 7.15. The zero-order chi connectivity index (χ0) is 11.0. The number of hydrogen-bond donors (Lipinski definition) is 2. The van der Waals surface area contributed by atoms with Gasteiger partial charge in [-0.3, -0.25) is 0 Å². The molecule has 76 valence electrons. The van der Waals surface area contributed by atoms with Crippen molar-refractivity contribution in [3.8, 4) is 0 Å². The third-order valence-corrected chi connectivity index (χ3v) is 2.15. The van der Waals surface area contributed by atoms with Crippen LogP contribution in [0.4, 0.5) is 11.4 Å². The van der Waals surface area contributed by atoms with Crippen molar-refractivity contribution in [2.24, 2.45) is 15.4 Å². The Balaban J connectivity index is 2.98. The topological polar surface area (TPSA) is 100 Å². The van der Waals surface area contributed by atoms with Gasteiger partial charge in [-0.2, -0.15) is 0 Å². The largest absolute Gasteiger partial charge is 0.478 e. The normalized spacial score (nSPS) is 13.8. The van der Waals surface area contributed by atoms with Crippen LogP contribution in [0.15, 0.2) is 21.5 Å². The molecule has 6 heteroatoms. The maximum atomic E-state index is 11.1. The Morgan fingerprint density at radius 3 is 2.93 bits per heavy atom. The quantitative estimate of drug-likeness (QED) is 0.647. The van der Waals surface area contributed by atoms with E-state index in [9.17, 15) is 4.79 Å². The summed E-state index contributed by atoms with van der Waals surface area (Å²) in [5.74, 6) is -1.08. The van der Waals surface area contributed by atoms with E-state index in [1.165, 1.54) is 0 Å². The van der Waals surface area contributed by atoms with Crippen molar-refractivity contribution in [3.63, 3.8) is 0 Å². The molecule has 0 saturated heterocycles. The molecule has 0 fully saturated rings. The van der Waals surface area contributed by atoms with Gasteiger partial charge < -0.3 is 10.8 Å². The van der Waals surface area contributed by atoms with E-state index in [2.05, 4.69) is 15.4 Å². The van der Waals surface area contributed by atoms with E-state index in [4.69, 9.17) is 10.8 Å². The number of benzene rings is 1. The summed E-state index contributed by atoms with van der Waals surface area (Å²) >= 11 is 0. The number of nitrogens with two attached hydrogens (primary N) is 1. The fourth-order valence-electron chi connectivity index (χ4n) is 1.51. The highest BCUT2D eigenvalue weighted by Crippen LogP contribution is 2.16. The van der Waals surface area contributed by atoms with Crippen LogP contribution in [0, 0.1) is 0 Å². The number of carbonyl (C=O) groups is 1. The number of nitrogens with zero attached hydrogens (tertiary/aromatic N) is 3. The smallest absolute Gasteiger partial charge is 0.338 e. The lowest BCUT2D eigenvalue weighted by Crippen LogP contribution is -2.23. The molecular weight excluding hydrogens is 196 g/mol. The van der Waals surface area contributed by atoms with Crippen LogP contribution in [0.3, 0.4) is 0 Å². The molecule has 15 heavy (non-hydrogen) atoms. The second kappa shape index (κ2) is 3.16. The maximum absolute atomic E-state index is 11.1. The molecule has 0 unspecified atom stereocenters. The molecule has 1 heterocycles. The SMILES string of the molecule is CC=c1c(N)cc2c(c1C(=O)O)N=NN=2. The average molecular weight is 204 g/mol. The van der Waals surface area contributed by atoms with Crippen molar-refractivity contribution in [1.29, 1.82) is 0 Å². The number of hydrogen-bond acceptors (Lipinski definition) is 5. The van der Waals surface area contributed by atoms with Crippen LogP contribution in [0.1, 0.15) is 17.3 Å². The highest BCUT2D eigenvalue weighted by Gasteiger charge is 2.18. The fourth-order valence-corrected chi connectivity index (χ4v) is 1.51. The van der Waals surface area contributed by atoms with Crippen LogP contribution < -0.4 is 16.3 Å². The third kappa shape index (κ3) is 1.26. The molecule has 0 atom stereocenters. The Morgan fingerprint density at radius 1 is 1.60 bits per heavy atom. The third-order valence-electron chi connectivity index (χ3n) is 2.15. The number of carboxylic acid groups (broad SMARTS) is 1. The van der Waals surface area contributed by atoms with Crippen LogP contribution in [0.5, 0.6) is 0 Å². The van der Waals surface area contributed by atoms with Gasteiger partial charge in [0.1, 0.15) is 11.0 Å². The van der Waals surface area contributed by atoms with Gasteiger partial charge in [-0.25, -0.2) is 4.79 Å². The van der Waals surface area contributed by atoms with Crippen molar-refractivity contribution in [2.75, 3.05) is 5.73 Å². The van der Waals surface area contributed by atoms with E-state index in [0.717, 1.165) is 0 Å². The van der Waals surface area contributed by atoms with Crippen LogP contribution in [0.2, 0.25) is 0 Å². The van der Waals surface area contributed by atoms with Crippen molar-refractivity contribution < 1.29 is 9.90 Å². The van der Waals surface area contributed by atoms with E-state index in [1.807, 2.05) is 0 Å².